The van der Waals surface area contributed by atoms with Crippen LogP contribution in [0.15, 0.2) is 18.5 Å². The Balaban J connectivity index is 2.16. The monoisotopic (exact) mass is 234 g/mol. The van der Waals surface area contributed by atoms with Gasteiger partial charge in [-0.25, -0.2) is 4.68 Å². The van der Waals surface area contributed by atoms with Gasteiger partial charge in [-0.05, 0) is 6.07 Å². The Labute approximate surface area is 100 Å². The first-order chi connectivity index (χ1) is 7.98. The maximum Gasteiger partial charge on any atom is 0.169 e. The van der Waals surface area contributed by atoms with Crippen molar-refractivity contribution >= 4 is 5.82 Å². The molecule has 0 aliphatic carbocycles. The van der Waals surface area contributed by atoms with Gasteiger partial charge in [0.15, 0.2) is 5.82 Å². The molecule has 0 aliphatic heterocycles. The summed E-state index contributed by atoms with van der Waals surface area (Å²) in [6, 6.07) is 1.90. The van der Waals surface area contributed by atoms with Crippen LogP contribution in [-0.2, 0) is 18.5 Å². The molecule has 0 bridgehead atoms. The van der Waals surface area contributed by atoms with Crippen molar-refractivity contribution in [2.45, 2.75) is 39.3 Å². The molecule has 0 spiro atoms. The molecule has 0 fully saturated rings. The highest BCUT2D eigenvalue weighted by Crippen LogP contribution is 2.25. The Bertz CT molecular complexity index is 477. The summed E-state index contributed by atoms with van der Waals surface area (Å²) in [4.78, 5) is 0. The fourth-order valence-electron chi connectivity index (χ4n) is 1.88. The van der Waals surface area contributed by atoms with Crippen molar-refractivity contribution in [2.24, 2.45) is 0 Å². The molecule has 0 atom stereocenters. The number of nitrogens with two attached hydrogens (primary N) is 1. The van der Waals surface area contributed by atoms with E-state index in [2.05, 4.69) is 36.2 Å². The van der Waals surface area contributed by atoms with Crippen LogP contribution >= 0.6 is 0 Å². The lowest BCUT2D eigenvalue weighted by Crippen LogP contribution is -2.21. The van der Waals surface area contributed by atoms with Crippen molar-refractivity contribution in [1.82, 2.24) is 24.8 Å². The van der Waals surface area contributed by atoms with Crippen molar-refractivity contribution in [3.05, 3.63) is 24.2 Å². The molecule has 0 unspecified atom stereocenters. The summed E-state index contributed by atoms with van der Waals surface area (Å²) >= 11 is 0. The third-order valence-electron chi connectivity index (χ3n) is 2.57. The van der Waals surface area contributed by atoms with Gasteiger partial charge in [0, 0.05) is 17.8 Å². The fourth-order valence-corrected chi connectivity index (χ4v) is 1.88. The molecule has 0 saturated carbocycles. The molecule has 0 amide bonds. The van der Waals surface area contributed by atoms with Crippen LogP contribution in [0.3, 0.4) is 0 Å². The van der Waals surface area contributed by atoms with E-state index >= 15 is 0 Å². The van der Waals surface area contributed by atoms with Crippen LogP contribution in [-0.4, -0.2) is 24.8 Å². The maximum absolute atomic E-state index is 5.86. The van der Waals surface area contributed by atoms with Crippen molar-refractivity contribution in [1.29, 1.82) is 0 Å². The number of anilines is 1. The maximum atomic E-state index is 5.86. The molecule has 6 heteroatoms. The minimum atomic E-state index is -0.0578. The largest absolute Gasteiger partial charge is 0.381 e. The molecule has 0 radical (unpaired) electrons. The number of rotatable bonds is 3. The van der Waals surface area contributed by atoms with Crippen LogP contribution in [0.2, 0.25) is 0 Å². The molecule has 2 N–H and O–H groups in total. The number of nitrogen functional groups attached to an aromatic ring is 1. The lowest BCUT2D eigenvalue weighted by Gasteiger charge is -2.20. The molecule has 2 heterocycles. The van der Waals surface area contributed by atoms with E-state index in [1.807, 2.05) is 21.6 Å². The quantitative estimate of drug-likeness (QED) is 0.861. The number of hydrogen-bond acceptors (Lipinski definition) is 4. The van der Waals surface area contributed by atoms with Gasteiger partial charge in [-0.15, -0.1) is 5.10 Å². The van der Waals surface area contributed by atoms with Gasteiger partial charge in [0.05, 0.1) is 18.8 Å². The van der Waals surface area contributed by atoms with Crippen LogP contribution in [0.25, 0.3) is 0 Å². The molecule has 2 aromatic heterocycles. The highest BCUT2D eigenvalue weighted by molar-refractivity contribution is 5.37. The molecular weight excluding hydrogens is 216 g/mol. The summed E-state index contributed by atoms with van der Waals surface area (Å²) in [5.41, 5.74) is 6.78. The highest BCUT2D eigenvalue weighted by atomic mass is 15.5. The van der Waals surface area contributed by atoms with Crippen LogP contribution < -0.4 is 5.73 Å². The molecular formula is C11H18N6. The molecule has 0 saturated heterocycles. The van der Waals surface area contributed by atoms with E-state index in [-0.39, 0.29) is 5.41 Å². The Morgan fingerprint density at radius 2 is 2.06 bits per heavy atom. The summed E-state index contributed by atoms with van der Waals surface area (Å²) in [6.45, 7) is 7.79. The SMILES string of the molecule is CC(C)(C)c1c(N)nnn1CCn1cccn1. The zero-order valence-electron chi connectivity index (χ0n) is 10.5. The number of aromatic nitrogens is 5. The standard InChI is InChI=1S/C11H18N6/c1-11(2,3)9-10(12)14-15-17(9)8-7-16-6-4-5-13-16/h4-6H,7-8,12H2,1-3H3. The van der Waals surface area contributed by atoms with Crippen molar-refractivity contribution < 1.29 is 0 Å². The Morgan fingerprint density at radius 1 is 1.29 bits per heavy atom. The molecule has 2 rings (SSSR count). The van der Waals surface area contributed by atoms with Crippen LogP contribution in [0, 0.1) is 0 Å². The van der Waals surface area contributed by atoms with Gasteiger partial charge in [-0.3, -0.25) is 4.68 Å². The van der Waals surface area contributed by atoms with Crippen LogP contribution in [0.4, 0.5) is 5.82 Å². The first kappa shape index (κ1) is 11.6. The second-order valence-electron chi connectivity index (χ2n) is 5.07. The fraction of sp³-hybridized carbons (Fsp3) is 0.545. The molecule has 0 aromatic carbocycles. The van der Waals surface area contributed by atoms with E-state index in [0.717, 1.165) is 18.8 Å². The van der Waals surface area contributed by atoms with Gasteiger partial charge < -0.3 is 5.73 Å². The molecule has 17 heavy (non-hydrogen) atoms. The van der Waals surface area contributed by atoms with Crippen LogP contribution in [0.1, 0.15) is 26.5 Å². The molecule has 2 aromatic rings. The smallest absolute Gasteiger partial charge is 0.169 e. The topological polar surface area (TPSA) is 74.5 Å². The molecule has 6 nitrogen and oxygen atoms in total. The number of nitrogens with zero attached hydrogens (tertiary/aromatic N) is 5. The lowest BCUT2D eigenvalue weighted by molar-refractivity contribution is 0.439. The third kappa shape index (κ3) is 2.46. The zero-order valence-corrected chi connectivity index (χ0v) is 10.5. The summed E-state index contributed by atoms with van der Waals surface area (Å²) in [5, 5.41) is 12.2. The van der Waals surface area contributed by atoms with Gasteiger partial charge >= 0.3 is 0 Å². The number of hydrogen-bond donors (Lipinski definition) is 1. The molecule has 92 valence electrons. The predicted molar refractivity (Wildman–Crippen MR) is 65.4 cm³/mol. The average molecular weight is 234 g/mol. The predicted octanol–water partition coefficient (Wildman–Crippen LogP) is 1.05. The highest BCUT2D eigenvalue weighted by Gasteiger charge is 2.23. The van der Waals surface area contributed by atoms with E-state index in [4.69, 9.17) is 5.73 Å². The third-order valence-corrected chi connectivity index (χ3v) is 2.57. The van der Waals surface area contributed by atoms with Crippen molar-refractivity contribution in [2.75, 3.05) is 5.73 Å². The van der Waals surface area contributed by atoms with Crippen molar-refractivity contribution in [3.63, 3.8) is 0 Å². The summed E-state index contributed by atoms with van der Waals surface area (Å²) < 4.78 is 3.72. The second kappa shape index (κ2) is 4.20. The van der Waals surface area contributed by atoms with E-state index in [9.17, 15) is 0 Å². The Morgan fingerprint density at radius 3 is 2.65 bits per heavy atom. The minimum absolute atomic E-state index is 0.0578. The van der Waals surface area contributed by atoms with Gasteiger partial charge in [0.1, 0.15) is 0 Å². The van der Waals surface area contributed by atoms with Gasteiger partial charge in [0.2, 0.25) is 0 Å². The van der Waals surface area contributed by atoms with E-state index in [1.54, 1.807) is 6.20 Å². The molecule has 0 aliphatic rings. The second-order valence-corrected chi connectivity index (χ2v) is 5.07. The van der Waals surface area contributed by atoms with Gasteiger partial charge in [-0.1, -0.05) is 26.0 Å². The normalized spacial score (nSPS) is 11.9. The van der Waals surface area contributed by atoms with E-state index in [1.165, 1.54) is 0 Å². The first-order valence-electron chi connectivity index (χ1n) is 5.65. The van der Waals surface area contributed by atoms with E-state index < -0.39 is 0 Å². The first-order valence-corrected chi connectivity index (χ1v) is 5.65. The summed E-state index contributed by atoms with van der Waals surface area (Å²) in [5.74, 6) is 0.512. The zero-order chi connectivity index (χ0) is 12.5. The van der Waals surface area contributed by atoms with Gasteiger partial charge in [-0.2, -0.15) is 5.10 Å². The lowest BCUT2D eigenvalue weighted by atomic mass is 9.92. The Kier molecular flexibility index (Phi) is 2.87. The Hall–Kier alpha value is -1.85. The summed E-state index contributed by atoms with van der Waals surface area (Å²) in [6.07, 6.45) is 3.69. The van der Waals surface area contributed by atoms with Crippen molar-refractivity contribution in [3.8, 4) is 0 Å². The summed E-state index contributed by atoms with van der Waals surface area (Å²) in [7, 11) is 0. The van der Waals surface area contributed by atoms with Gasteiger partial charge in [0.25, 0.3) is 0 Å². The average Bonchev–Trinajstić information content (AvgIpc) is 2.82. The van der Waals surface area contributed by atoms with Crippen LogP contribution in [0.5, 0.6) is 0 Å². The van der Waals surface area contributed by atoms with E-state index in [0.29, 0.717) is 5.82 Å². The minimum Gasteiger partial charge on any atom is -0.381 e. The number of aryl methyl sites for hydroxylation is 2.